The van der Waals surface area contributed by atoms with Gasteiger partial charge in [-0.25, -0.2) is 4.68 Å². The van der Waals surface area contributed by atoms with Gasteiger partial charge in [-0.15, -0.1) is 0 Å². The van der Waals surface area contributed by atoms with Crippen LogP contribution in [0.1, 0.15) is 53.0 Å². The molecule has 1 fully saturated rings. The number of halogens is 1. The van der Waals surface area contributed by atoms with Gasteiger partial charge in [-0.1, -0.05) is 39.3 Å². The first kappa shape index (κ1) is 12.7. The fourth-order valence-corrected chi connectivity index (χ4v) is 3.73. The Bertz CT molecular complexity index is 404. The number of rotatable bonds is 1. The minimum Gasteiger partial charge on any atom is -0.383 e. The maximum absolute atomic E-state index is 5.98. The third kappa shape index (κ3) is 2.59. The van der Waals surface area contributed by atoms with Gasteiger partial charge in [0.05, 0.1) is 12.2 Å². The lowest BCUT2D eigenvalue weighted by atomic mass is 9.63. The Hall–Kier alpha value is -0.700. The van der Waals surface area contributed by atoms with E-state index in [4.69, 9.17) is 17.3 Å². The second-order valence-electron chi connectivity index (χ2n) is 6.89. The number of nitrogen functional groups attached to an aromatic ring is 1. The smallest absolute Gasteiger partial charge is 0.140 e. The second kappa shape index (κ2) is 3.91. The third-order valence-corrected chi connectivity index (χ3v) is 3.96. The first-order valence-corrected chi connectivity index (χ1v) is 6.57. The molecule has 1 aromatic rings. The summed E-state index contributed by atoms with van der Waals surface area (Å²) in [4.78, 5) is 0. The third-order valence-electron chi connectivity index (χ3n) is 3.67. The SMILES string of the molecule is CC1(C)CC(n2ncc(Cl)c2N)CC(C)(C)C1. The molecule has 3 nitrogen and oxygen atoms in total. The van der Waals surface area contributed by atoms with Crippen molar-refractivity contribution in [3.63, 3.8) is 0 Å². The molecule has 1 saturated carbocycles. The minimum atomic E-state index is 0.331. The summed E-state index contributed by atoms with van der Waals surface area (Å²) >= 11 is 5.98. The maximum atomic E-state index is 5.98. The number of hydrogen-bond acceptors (Lipinski definition) is 2. The Morgan fingerprint density at radius 1 is 1.29 bits per heavy atom. The van der Waals surface area contributed by atoms with Crippen LogP contribution in [0.5, 0.6) is 0 Å². The average molecular weight is 256 g/mol. The highest BCUT2D eigenvalue weighted by atomic mass is 35.5. The van der Waals surface area contributed by atoms with E-state index in [9.17, 15) is 0 Å². The van der Waals surface area contributed by atoms with Gasteiger partial charge in [-0.2, -0.15) is 5.10 Å². The molecule has 4 heteroatoms. The molecule has 2 N–H and O–H groups in total. The molecule has 0 aliphatic heterocycles. The molecule has 0 radical (unpaired) electrons. The van der Waals surface area contributed by atoms with Crippen LogP contribution in [-0.4, -0.2) is 9.78 Å². The lowest BCUT2D eigenvalue weighted by Crippen LogP contribution is -2.35. The Kier molecular flexibility index (Phi) is 2.93. The molecule has 0 aromatic carbocycles. The fourth-order valence-electron chi connectivity index (χ4n) is 3.60. The molecule has 1 aliphatic rings. The summed E-state index contributed by atoms with van der Waals surface area (Å²) in [6, 6.07) is 0.362. The predicted octanol–water partition coefficient (Wildman–Crippen LogP) is 3.90. The minimum absolute atomic E-state index is 0.331. The molecule has 0 bridgehead atoms. The summed E-state index contributed by atoms with van der Waals surface area (Å²) in [5.41, 5.74) is 6.64. The van der Waals surface area contributed by atoms with E-state index < -0.39 is 0 Å². The monoisotopic (exact) mass is 255 g/mol. The quantitative estimate of drug-likeness (QED) is 0.827. The summed E-state index contributed by atoms with van der Waals surface area (Å²) in [5.74, 6) is 0.602. The average Bonchev–Trinajstić information content (AvgIpc) is 2.42. The van der Waals surface area contributed by atoms with Crippen molar-refractivity contribution < 1.29 is 0 Å². The lowest BCUT2D eigenvalue weighted by Gasteiger charge is -2.45. The Balaban J connectivity index is 2.30. The van der Waals surface area contributed by atoms with Crippen LogP contribution in [0.25, 0.3) is 0 Å². The van der Waals surface area contributed by atoms with Crippen molar-refractivity contribution in [1.29, 1.82) is 0 Å². The zero-order valence-corrected chi connectivity index (χ0v) is 11.9. The Labute approximate surface area is 108 Å². The Morgan fingerprint density at radius 2 is 1.82 bits per heavy atom. The van der Waals surface area contributed by atoms with Crippen LogP contribution in [-0.2, 0) is 0 Å². The molecule has 0 atom stereocenters. The van der Waals surface area contributed by atoms with Crippen LogP contribution >= 0.6 is 11.6 Å². The molecule has 1 aliphatic carbocycles. The molecule has 17 heavy (non-hydrogen) atoms. The van der Waals surface area contributed by atoms with E-state index in [2.05, 4.69) is 32.8 Å². The van der Waals surface area contributed by atoms with E-state index in [1.165, 1.54) is 6.42 Å². The normalized spacial score (nSPS) is 23.8. The van der Waals surface area contributed by atoms with E-state index in [1.807, 2.05) is 4.68 Å². The van der Waals surface area contributed by atoms with E-state index in [1.54, 1.807) is 6.20 Å². The molecule has 0 unspecified atom stereocenters. The van der Waals surface area contributed by atoms with Crippen LogP contribution in [0.15, 0.2) is 6.20 Å². The highest BCUT2D eigenvalue weighted by molar-refractivity contribution is 6.32. The van der Waals surface area contributed by atoms with Gasteiger partial charge >= 0.3 is 0 Å². The van der Waals surface area contributed by atoms with Crippen molar-refractivity contribution in [3.8, 4) is 0 Å². The number of aromatic nitrogens is 2. The van der Waals surface area contributed by atoms with E-state index in [0.29, 0.717) is 27.7 Å². The predicted molar refractivity (Wildman–Crippen MR) is 72.1 cm³/mol. The molecular formula is C13H22ClN3. The van der Waals surface area contributed by atoms with E-state index in [0.717, 1.165) is 12.8 Å². The summed E-state index contributed by atoms with van der Waals surface area (Å²) < 4.78 is 1.91. The van der Waals surface area contributed by atoms with Gasteiger partial charge in [0.1, 0.15) is 10.8 Å². The second-order valence-corrected chi connectivity index (χ2v) is 7.30. The van der Waals surface area contributed by atoms with E-state index in [-0.39, 0.29) is 0 Å². The van der Waals surface area contributed by atoms with Gasteiger partial charge in [0.15, 0.2) is 0 Å². The van der Waals surface area contributed by atoms with Gasteiger partial charge in [0, 0.05) is 0 Å². The van der Waals surface area contributed by atoms with Gasteiger partial charge in [-0.3, -0.25) is 0 Å². The molecular weight excluding hydrogens is 234 g/mol. The summed E-state index contributed by atoms with van der Waals surface area (Å²) in [6.07, 6.45) is 5.11. The van der Waals surface area contributed by atoms with Crippen molar-refractivity contribution in [2.45, 2.75) is 53.0 Å². The molecule has 1 heterocycles. The topological polar surface area (TPSA) is 43.8 Å². The summed E-state index contributed by atoms with van der Waals surface area (Å²) in [7, 11) is 0. The van der Waals surface area contributed by atoms with E-state index >= 15 is 0 Å². The molecule has 0 saturated heterocycles. The number of nitrogens with zero attached hydrogens (tertiary/aromatic N) is 2. The maximum Gasteiger partial charge on any atom is 0.140 e. The van der Waals surface area contributed by atoms with Crippen LogP contribution in [0.4, 0.5) is 5.82 Å². The standard InChI is InChI=1S/C13H22ClN3/c1-12(2)5-9(6-13(3,4)8-12)17-11(15)10(14)7-16-17/h7,9H,5-6,8,15H2,1-4H3. The molecule has 0 spiro atoms. The van der Waals surface area contributed by atoms with Gasteiger partial charge < -0.3 is 5.73 Å². The highest BCUT2D eigenvalue weighted by Gasteiger charge is 2.39. The molecule has 96 valence electrons. The van der Waals surface area contributed by atoms with Gasteiger partial charge in [-0.05, 0) is 30.1 Å². The summed E-state index contributed by atoms with van der Waals surface area (Å²) in [5, 5.41) is 4.89. The fraction of sp³-hybridized carbons (Fsp3) is 0.769. The number of nitrogens with two attached hydrogens (primary N) is 1. The van der Waals surface area contributed by atoms with Crippen molar-refractivity contribution in [2.75, 3.05) is 5.73 Å². The van der Waals surface area contributed by atoms with Crippen molar-refractivity contribution >= 4 is 17.4 Å². The lowest BCUT2D eigenvalue weighted by molar-refractivity contribution is 0.0682. The van der Waals surface area contributed by atoms with Crippen LogP contribution in [0, 0.1) is 10.8 Å². The highest BCUT2D eigenvalue weighted by Crippen LogP contribution is 2.50. The molecule has 1 aromatic heterocycles. The first-order chi connectivity index (χ1) is 7.70. The Morgan fingerprint density at radius 3 is 2.24 bits per heavy atom. The van der Waals surface area contributed by atoms with Crippen LogP contribution in [0.2, 0.25) is 5.02 Å². The largest absolute Gasteiger partial charge is 0.383 e. The zero-order valence-electron chi connectivity index (χ0n) is 11.1. The van der Waals surface area contributed by atoms with Crippen LogP contribution < -0.4 is 5.73 Å². The van der Waals surface area contributed by atoms with Crippen molar-refractivity contribution in [1.82, 2.24) is 9.78 Å². The molecule has 2 rings (SSSR count). The van der Waals surface area contributed by atoms with Crippen molar-refractivity contribution in [2.24, 2.45) is 10.8 Å². The zero-order chi connectivity index (χ0) is 12.8. The number of anilines is 1. The van der Waals surface area contributed by atoms with Crippen LogP contribution in [0.3, 0.4) is 0 Å². The molecule has 0 amide bonds. The van der Waals surface area contributed by atoms with Gasteiger partial charge in [0.2, 0.25) is 0 Å². The summed E-state index contributed by atoms with van der Waals surface area (Å²) in [6.45, 7) is 9.29. The number of hydrogen-bond donors (Lipinski definition) is 1. The van der Waals surface area contributed by atoms with Gasteiger partial charge in [0.25, 0.3) is 0 Å². The van der Waals surface area contributed by atoms with Crippen molar-refractivity contribution in [3.05, 3.63) is 11.2 Å². The first-order valence-electron chi connectivity index (χ1n) is 6.19.